The number of rotatable bonds is 5. The number of ether oxygens (including phenoxy) is 1. The lowest BCUT2D eigenvalue weighted by Gasteiger charge is -2.07. The molecule has 0 unspecified atom stereocenters. The molecule has 2 heterocycles. The lowest BCUT2D eigenvalue weighted by atomic mass is 10.3. The number of nitrogens with one attached hydrogen (secondary N) is 1. The summed E-state index contributed by atoms with van der Waals surface area (Å²) in [6, 6.07) is 13.2. The van der Waals surface area contributed by atoms with Crippen LogP contribution in [0.3, 0.4) is 0 Å². The SMILES string of the molecule is Clc1ccc(OCCSc2n[nH]c3nc4ccccc4n23)c(Cl)c1. The number of fused-ring (bicyclic) bond motifs is 3. The van der Waals surface area contributed by atoms with E-state index in [9.17, 15) is 0 Å². The van der Waals surface area contributed by atoms with E-state index in [-0.39, 0.29) is 0 Å². The summed E-state index contributed by atoms with van der Waals surface area (Å²) >= 11 is 13.6. The van der Waals surface area contributed by atoms with Crippen LogP contribution in [0, 0.1) is 0 Å². The minimum atomic E-state index is 0.507. The zero-order valence-electron chi connectivity index (χ0n) is 12.4. The molecule has 0 saturated heterocycles. The van der Waals surface area contributed by atoms with Crippen LogP contribution in [0.5, 0.6) is 5.75 Å². The molecule has 0 radical (unpaired) electrons. The van der Waals surface area contributed by atoms with Crippen molar-refractivity contribution in [1.82, 2.24) is 19.6 Å². The Morgan fingerprint density at radius 3 is 2.92 bits per heavy atom. The Kier molecular flexibility index (Phi) is 4.26. The van der Waals surface area contributed by atoms with E-state index < -0.39 is 0 Å². The first kappa shape index (κ1) is 15.6. The first-order valence-corrected chi connectivity index (χ1v) is 8.99. The highest BCUT2D eigenvalue weighted by Gasteiger charge is 2.11. The van der Waals surface area contributed by atoms with Crippen molar-refractivity contribution in [3.05, 3.63) is 52.5 Å². The number of aromatic amines is 1. The van der Waals surface area contributed by atoms with Crippen LogP contribution < -0.4 is 4.74 Å². The second-order valence-corrected chi connectivity index (χ2v) is 6.94. The third-order valence-corrected chi connectivity index (χ3v) is 4.90. The maximum Gasteiger partial charge on any atom is 0.231 e. The fourth-order valence-corrected chi connectivity index (χ4v) is 3.65. The Hall–Kier alpha value is -1.89. The molecule has 1 N–H and O–H groups in total. The van der Waals surface area contributed by atoms with Crippen molar-refractivity contribution < 1.29 is 4.74 Å². The summed E-state index contributed by atoms with van der Waals surface area (Å²) in [6.07, 6.45) is 0. The molecular weight excluding hydrogens is 367 g/mol. The molecule has 0 bridgehead atoms. The largest absolute Gasteiger partial charge is 0.491 e. The highest BCUT2D eigenvalue weighted by molar-refractivity contribution is 7.99. The zero-order chi connectivity index (χ0) is 16.5. The lowest BCUT2D eigenvalue weighted by molar-refractivity contribution is 0.344. The number of aromatic nitrogens is 4. The molecule has 0 saturated carbocycles. The van der Waals surface area contributed by atoms with Gasteiger partial charge in [0.05, 0.1) is 22.7 Å². The highest BCUT2D eigenvalue weighted by atomic mass is 35.5. The van der Waals surface area contributed by atoms with Gasteiger partial charge < -0.3 is 4.74 Å². The van der Waals surface area contributed by atoms with Gasteiger partial charge in [-0.25, -0.2) is 10.1 Å². The first-order valence-electron chi connectivity index (χ1n) is 7.24. The van der Waals surface area contributed by atoms with E-state index in [1.165, 1.54) is 0 Å². The van der Waals surface area contributed by atoms with E-state index in [4.69, 9.17) is 27.9 Å². The quantitative estimate of drug-likeness (QED) is 0.404. The van der Waals surface area contributed by atoms with Crippen LogP contribution in [0.1, 0.15) is 0 Å². The van der Waals surface area contributed by atoms with Crippen molar-refractivity contribution in [2.75, 3.05) is 12.4 Å². The predicted octanol–water partition coefficient (Wildman–Crippen LogP) is 4.69. The zero-order valence-corrected chi connectivity index (χ0v) is 14.7. The third-order valence-electron chi connectivity index (χ3n) is 3.47. The molecule has 0 spiro atoms. The van der Waals surface area contributed by atoms with Crippen molar-refractivity contribution in [2.24, 2.45) is 0 Å². The molecule has 4 rings (SSSR count). The Bertz CT molecular complexity index is 1010. The summed E-state index contributed by atoms with van der Waals surface area (Å²) in [4.78, 5) is 4.50. The standard InChI is InChI=1S/C16H12Cl2N4OS/c17-10-5-6-14(11(18)9-10)23-7-8-24-16-21-20-15-19-12-3-1-2-4-13(12)22(15)16/h1-6,9H,7-8H2,(H,19,20). The fraction of sp³-hybridized carbons (Fsp3) is 0.125. The van der Waals surface area contributed by atoms with E-state index in [0.29, 0.717) is 22.4 Å². The normalized spacial score (nSPS) is 11.4. The summed E-state index contributed by atoms with van der Waals surface area (Å²) in [6.45, 7) is 0.507. The van der Waals surface area contributed by atoms with Gasteiger partial charge in [-0.1, -0.05) is 47.1 Å². The van der Waals surface area contributed by atoms with E-state index in [2.05, 4.69) is 15.2 Å². The Morgan fingerprint density at radius 2 is 2.04 bits per heavy atom. The summed E-state index contributed by atoms with van der Waals surface area (Å²) < 4.78 is 7.71. The van der Waals surface area contributed by atoms with Gasteiger partial charge in [0.15, 0.2) is 5.16 Å². The maximum atomic E-state index is 6.09. The molecular formula is C16H12Cl2N4OS. The van der Waals surface area contributed by atoms with Crippen molar-refractivity contribution >= 4 is 51.8 Å². The summed E-state index contributed by atoms with van der Waals surface area (Å²) in [7, 11) is 0. The molecule has 0 aliphatic carbocycles. The van der Waals surface area contributed by atoms with Gasteiger partial charge in [-0.3, -0.25) is 4.40 Å². The highest BCUT2D eigenvalue weighted by Crippen LogP contribution is 2.28. The number of halogens is 2. The maximum absolute atomic E-state index is 6.09. The Labute approximate surface area is 151 Å². The van der Waals surface area contributed by atoms with Gasteiger partial charge >= 0.3 is 0 Å². The number of hydrogen-bond acceptors (Lipinski definition) is 4. The Morgan fingerprint density at radius 1 is 1.17 bits per heavy atom. The smallest absolute Gasteiger partial charge is 0.231 e. The number of hydrogen-bond donors (Lipinski definition) is 1. The molecule has 122 valence electrons. The Balaban J connectivity index is 1.45. The molecule has 0 atom stereocenters. The van der Waals surface area contributed by atoms with E-state index in [1.54, 1.807) is 30.0 Å². The third kappa shape index (κ3) is 2.92. The molecule has 2 aromatic heterocycles. The first-order chi connectivity index (χ1) is 11.7. The minimum Gasteiger partial charge on any atom is -0.491 e. The molecule has 0 aliphatic rings. The molecule has 4 aromatic rings. The average molecular weight is 379 g/mol. The van der Waals surface area contributed by atoms with Gasteiger partial charge in [0.1, 0.15) is 5.75 Å². The van der Waals surface area contributed by atoms with Gasteiger partial charge in [-0.2, -0.15) is 0 Å². The number of para-hydroxylation sites is 2. The monoisotopic (exact) mass is 378 g/mol. The molecule has 8 heteroatoms. The van der Waals surface area contributed by atoms with Crippen molar-refractivity contribution in [2.45, 2.75) is 5.16 Å². The van der Waals surface area contributed by atoms with Crippen molar-refractivity contribution in [3.8, 4) is 5.75 Å². The molecule has 2 aromatic carbocycles. The number of thioether (sulfide) groups is 1. The number of H-pyrrole nitrogens is 1. The van der Waals surface area contributed by atoms with Crippen LogP contribution in [0.4, 0.5) is 0 Å². The second kappa shape index (κ2) is 6.55. The minimum absolute atomic E-state index is 0.507. The van der Waals surface area contributed by atoms with Gasteiger partial charge in [-0.05, 0) is 30.3 Å². The summed E-state index contributed by atoms with van der Waals surface area (Å²) in [5.41, 5.74) is 1.97. The molecule has 0 fully saturated rings. The van der Waals surface area contributed by atoms with Crippen LogP contribution in [-0.4, -0.2) is 31.9 Å². The summed E-state index contributed by atoms with van der Waals surface area (Å²) in [5, 5.41) is 9.23. The van der Waals surface area contributed by atoms with Crippen LogP contribution in [0.2, 0.25) is 10.0 Å². The molecule has 5 nitrogen and oxygen atoms in total. The number of benzene rings is 2. The summed E-state index contributed by atoms with van der Waals surface area (Å²) in [5.74, 6) is 2.09. The van der Waals surface area contributed by atoms with Crippen LogP contribution in [0.15, 0.2) is 47.6 Å². The van der Waals surface area contributed by atoms with Crippen LogP contribution in [0.25, 0.3) is 16.8 Å². The van der Waals surface area contributed by atoms with Crippen LogP contribution >= 0.6 is 35.0 Å². The van der Waals surface area contributed by atoms with Gasteiger partial charge in [0.2, 0.25) is 5.78 Å². The number of nitrogens with zero attached hydrogens (tertiary/aromatic N) is 3. The predicted molar refractivity (Wildman–Crippen MR) is 97.5 cm³/mol. The van der Waals surface area contributed by atoms with Crippen molar-refractivity contribution in [1.29, 1.82) is 0 Å². The lowest BCUT2D eigenvalue weighted by Crippen LogP contribution is -2.01. The fourth-order valence-electron chi connectivity index (χ4n) is 2.42. The second-order valence-electron chi connectivity index (χ2n) is 5.04. The molecule has 0 aliphatic heterocycles. The topological polar surface area (TPSA) is 55.2 Å². The molecule has 0 amide bonds. The van der Waals surface area contributed by atoms with E-state index in [0.717, 1.165) is 27.7 Å². The van der Waals surface area contributed by atoms with Gasteiger partial charge in [-0.15, -0.1) is 5.10 Å². The van der Waals surface area contributed by atoms with Gasteiger partial charge in [0, 0.05) is 10.8 Å². The van der Waals surface area contributed by atoms with Gasteiger partial charge in [0.25, 0.3) is 0 Å². The van der Waals surface area contributed by atoms with Crippen LogP contribution in [-0.2, 0) is 0 Å². The van der Waals surface area contributed by atoms with Crippen molar-refractivity contribution in [3.63, 3.8) is 0 Å². The van der Waals surface area contributed by atoms with E-state index in [1.807, 2.05) is 28.7 Å². The number of imidazole rings is 1. The molecule has 24 heavy (non-hydrogen) atoms. The average Bonchev–Trinajstić information content (AvgIpc) is 3.12. The van der Waals surface area contributed by atoms with E-state index >= 15 is 0 Å².